The van der Waals surface area contributed by atoms with Gasteiger partial charge in [0, 0.05) is 5.69 Å². The number of methoxy groups -OCH3 is 1. The fraction of sp³-hybridized carbons (Fsp3) is 0.176. The zero-order valence-electron chi connectivity index (χ0n) is 13.7. The van der Waals surface area contributed by atoms with Crippen LogP contribution in [0.5, 0.6) is 0 Å². The Morgan fingerprint density at radius 1 is 1.00 bits per heavy atom. The van der Waals surface area contributed by atoms with Crippen molar-refractivity contribution in [1.82, 2.24) is 10.0 Å². The Balaban J connectivity index is 1.89. The monoisotopic (exact) mass is 342 g/mol. The molecular formula is C17H14N2O6. The number of hydroxylamine groups is 2. The maximum atomic E-state index is 12.4. The minimum absolute atomic E-state index is 0.0329. The molecule has 0 radical (unpaired) electrons. The molecular weight excluding hydrogens is 328 g/mol. The van der Waals surface area contributed by atoms with Gasteiger partial charge in [0.1, 0.15) is 5.69 Å². The second-order valence-electron chi connectivity index (χ2n) is 5.45. The van der Waals surface area contributed by atoms with Gasteiger partial charge in [-0.2, -0.15) is 0 Å². The normalized spacial score (nSPS) is 13.0. The first-order valence-corrected chi connectivity index (χ1v) is 7.34. The standard InChI is InChI=1S/C17H14N2O6/c1-8-12(16(22)24-3)9(2)18-13(8)17(23)25-19-14(20)10-6-4-5-7-11(10)15(19)21/h4-7,18H,1-3H3. The van der Waals surface area contributed by atoms with Gasteiger partial charge >= 0.3 is 11.9 Å². The summed E-state index contributed by atoms with van der Waals surface area (Å²) in [4.78, 5) is 56.3. The summed E-state index contributed by atoms with van der Waals surface area (Å²) in [7, 11) is 1.23. The third-order valence-electron chi connectivity index (χ3n) is 3.96. The van der Waals surface area contributed by atoms with E-state index < -0.39 is 23.8 Å². The number of aryl methyl sites for hydroxylation is 1. The highest BCUT2D eigenvalue weighted by molar-refractivity contribution is 6.21. The maximum Gasteiger partial charge on any atom is 0.380 e. The largest absolute Gasteiger partial charge is 0.465 e. The van der Waals surface area contributed by atoms with Crippen LogP contribution >= 0.6 is 0 Å². The smallest absolute Gasteiger partial charge is 0.380 e. The number of aromatic amines is 1. The van der Waals surface area contributed by atoms with Gasteiger partial charge in [-0.15, -0.1) is 0 Å². The van der Waals surface area contributed by atoms with E-state index >= 15 is 0 Å². The number of nitrogens with one attached hydrogen (secondary N) is 1. The van der Waals surface area contributed by atoms with Crippen LogP contribution < -0.4 is 0 Å². The lowest BCUT2D eigenvalue weighted by atomic mass is 10.1. The summed E-state index contributed by atoms with van der Waals surface area (Å²) < 4.78 is 4.67. The van der Waals surface area contributed by atoms with E-state index in [4.69, 9.17) is 4.84 Å². The second kappa shape index (κ2) is 5.90. The zero-order valence-corrected chi connectivity index (χ0v) is 13.7. The molecule has 1 aromatic heterocycles. The van der Waals surface area contributed by atoms with Gasteiger partial charge in [-0.05, 0) is 31.5 Å². The highest BCUT2D eigenvalue weighted by atomic mass is 16.7. The molecule has 0 bridgehead atoms. The first kappa shape index (κ1) is 16.4. The molecule has 1 aliphatic rings. The summed E-state index contributed by atoms with van der Waals surface area (Å²) in [6.45, 7) is 3.13. The summed E-state index contributed by atoms with van der Waals surface area (Å²) in [6.07, 6.45) is 0. The van der Waals surface area contributed by atoms with Crippen molar-refractivity contribution in [2.24, 2.45) is 0 Å². The highest BCUT2D eigenvalue weighted by Gasteiger charge is 2.39. The summed E-state index contributed by atoms with van der Waals surface area (Å²) in [5, 5.41) is 0.417. The summed E-state index contributed by atoms with van der Waals surface area (Å²) in [5.41, 5.74) is 1.22. The Morgan fingerprint density at radius 2 is 1.56 bits per heavy atom. The van der Waals surface area contributed by atoms with Gasteiger partial charge in [0.25, 0.3) is 11.8 Å². The number of hydrogen-bond acceptors (Lipinski definition) is 6. The lowest BCUT2D eigenvalue weighted by molar-refractivity contribution is -0.0588. The molecule has 0 atom stereocenters. The van der Waals surface area contributed by atoms with Crippen LogP contribution in [-0.2, 0) is 9.57 Å². The molecule has 128 valence electrons. The van der Waals surface area contributed by atoms with Crippen molar-refractivity contribution in [3.8, 4) is 0 Å². The molecule has 8 heteroatoms. The zero-order chi connectivity index (χ0) is 18.3. The van der Waals surface area contributed by atoms with Crippen LogP contribution in [0.4, 0.5) is 0 Å². The quantitative estimate of drug-likeness (QED) is 0.673. The molecule has 25 heavy (non-hydrogen) atoms. The van der Waals surface area contributed by atoms with Crippen LogP contribution in [0.2, 0.25) is 0 Å². The molecule has 0 saturated heterocycles. The molecule has 8 nitrogen and oxygen atoms in total. The van der Waals surface area contributed by atoms with E-state index in [1.807, 2.05) is 0 Å². The maximum absolute atomic E-state index is 12.4. The summed E-state index contributed by atoms with van der Waals surface area (Å²) in [5.74, 6) is -3.00. The summed E-state index contributed by atoms with van der Waals surface area (Å²) >= 11 is 0. The molecule has 0 fully saturated rings. The van der Waals surface area contributed by atoms with Crippen molar-refractivity contribution in [2.75, 3.05) is 7.11 Å². The third kappa shape index (κ3) is 2.47. The number of H-pyrrole nitrogens is 1. The Bertz CT molecular complexity index is 892. The number of benzene rings is 1. The first-order valence-electron chi connectivity index (χ1n) is 7.34. The van der Waals surface area contributed by atoms with Crippen LogP contribution in [0.1, 0.15) is 52.8 Å². The fourth-order valence-corrected chi connectivity index (χ4v) is 2.74. The number of carbonyl (C=O) groups excluding carboxylic acids is 4. The van der Waals surface area contributed by atoms with E-state index in [-0.39, 0.29) is 22.4 Å². The molecule has 0 spiro atoms. The SMILES string of the molecule is COC(=O)c1c(C)[nH]c(C(=O)ON2C(=O)c3ccccc3C2=O)c1C. The number of ether oxygens (including phenoxy) is 1. The number of hydrogen-bond donors (Lipinski definition) is 1. The van der Waals surface area contributed by atoms with Crippen molar-refractivity contribution >= 4 is 23.8 Å². The van der Waals surface area contributed by atoms with E-state index in [0.29, 0.717) is 16.3 Å². The Labute approximate surface area is 142 Å². The van der Waals surface area contributed by atoms with E-state index in [0.717, 1.165) is 0 Å². The molecule has 2 aromatic rings. The molecule has 1 aliphatic heterocycles. The second-order valence-corrected chi connectivity index (χ2v) is 5.45. The van der Waals surface area contributed by atoms with Gasteiger partial charge in [-0.3, -0.25) is 9.59 Å². The van der Waals surface area contributed by atoms with Gasteiger partial charge in [-0.1, -0.05) is 17.2 Å². The van der Waals surface area contributed by atoms with E-state index in [1.54, 1.807) is 19.1 Å². The summed E-state index contributed by atoms with van der Waals surface area (Å²) in [6, 6.07) is 6.17. The van der Waals surface area contributed by atoms with Gasteiger partial charge in [0.05, 0.1) is 23.8 Å². The van der Waals surface area contributed by atoms with Gasteiger partial charge in [0.15, 0.2) is 0 Å². The van der Waals surface area contributed by atoms with E-state index in [2.05, 4.69) is 9.72 Å². The number of nitrogens with zero attached hydrogens (tertiary/aromatic N) is 1. The third-order valence-corrected chi connectivity index (χ3v) is 3.96. The number of esters is 1. The first-order chi connectivity index (χ1) is 11.9. The Morgan fingerprint density at radius 3 is 2.08 bits per heavy atom. The Kier molecular flexibility index (Phi) is 3.88. The minimum atomic E-state index is -0.953. The predicted molar refractivity (Wildman–Crippen MR) is 84.0 cm³/mol. The molecule has 2 heterocycles. The van der Waals surface area contributed by atoms with Crippen molar-refractivity contribution in [2.45, 2.75) is 13.8 Å². The predicted octanol–water partition coefficient (Wildman–Crippen LogP) is 1.79. The van der Waals surface area contributed by atoms with Gasteiger partial charge in [-0.25, -0.2) is 9.59 Å². The highest BCUT2D eigenvalue weighted by Crippen LogP contribution is 2.25. The average molecular weight is 342 g/mol. The van der Waals surface area contributed by atoms with E-state index in [9.17, 15) is 19.2 Å². The van der Waals surface area contributed by atoms with Crippen LogP contribution in [0.3, 0.4) is 0 Å². The van der Waals surface area contributed by atoms with Crippen molar-refractivity contribution in [3.05, 3.63) is 57.9 Å². The van der Waals surface area contributed by atoms with Crippen LogP contribution in [0, 0.1) is 13.8 Å². The minimum Gasteiger partial charge on any atom is -0.465 e. The number of aromatic nitrogens is 1. The number of rotatable bonds is 3. The van der Waals surface area contributed by atoms with E-state index in [1.165, 1.54) is 26.2 Å². The molecule has 0 unspecified atom stereocenters. The van der Waals surface area contributed by atoms with Crippen molar-refractivity contribution in [1.29, 1.82) is 0 Å². The number of carbonyl (C=O) groups is 4. The van der Waals surface area contributed by atoms with Crippen molar-refractivity contribution < 1.29 is 28.8 Å². The average Bonchev–Trinajstić information content (AvgIpc) is 3.03. The number of imide groups is 1. The van der Waals surface area contributed by atoms with Crippen LogP contribution in [0.15, 0.2) is 24.3 Å². The molecule has 0 saturated carbocycles. The molecule has 1 N–H and O–H groups in total. The molecule has 1 aromatic carbocycles. The van der Waals surface area contributed by atoms with Crippen molar-refractivity contribution in [3.63, 3.8) is 0 Å². The number of fused-ring (bicyclic) bond motifs is 1. The topological polar surface area (TPSA) is 106 Å². The number of amides is 2. The lowest BCUT2D eigenvalue weighted by Gasteiger charge is -2.12. The molecule has 3 rings (SSSR count). The van der Waals surface area contributed by atoms with Crippen LogP contribution in [0.25, 0.3) is 0 Å². The Hall–Kier alpha value is -3.42. The van der Waals surface area contributed by atoms with Crippen LogP contribution in [-0.4, -0.2) is 40.9 Å². The lowest BCUT2D eigenvalue weighted by Crippen LogP contribution is -2.33. The molecule has 2 amide bonds. The fourth-order valence-electron chi connectivity index (χ4n) is 2.74. The molecule has 0 aliphatic carbocycles. The van der Waals surface area contributed by atoms with Gasteiger partial charge in [0.2, 0.25) is 0 Å². The van der Waals surface area contributed by atoms with Gasteiger partial charge < -0.3 is 14.6 Å².